The highest BCUT2D eigenvalue weighted by atomic mass is 19.1. The molecule has 1 saturated carbocycles. The molecule has 1 aliphatic rings. The van der Waals surface area contributed by atoms with Gasteiger partial charge >= 0.3 is 0 Å². The Kier molecular flexibility index (Phi) is 2.78. The Bertz CT molecular complexity index is 561. The third-order valence-electron chi connectivity index (χ3n) is 3.23. The molecule has 0 radical (unpaired) electrons. The molecule has 1 aromatic carbocycles. The molecule has 4 heteroatoms. The van der Waals surface area contributed by atoms with Crippen LogP contribution in [0.25, 0.3) is 11.3 Å². The number of ether oxygens (including phenoxy) is 1. The summed E-state index contributed by atoms with van der Waals surface area (Å²) in [6.07, 6.45) is 4.79. The van der Waals surface area contributed by atoms with Crippen molar-refractivity contribution in [3.63, 3.8) is 0 Å². The molecule has 1 fully saturated rings. The lowest BCUT2D eigenvalue weighted by Gasteiger charge is -2.07. The topological polar surface area (TPSA) is 35.3 Å². The number of methoxy groups -OCH3 is 1. The number of hydrogen-bond acceptors (Lipinski definition) is 3. The predicted molar refractivity (Wildman–Crippen MR) is 64.9 cm³/mol. The molecular formula is C14H14FNO2. The van der Waals surface area contributed by atoms with Gasteiger partial charge < -0.3 is 9.15 Å². The summed E-state index contributed by atoms with van der Waals surface area (Å²) in [5, 5.41) is 0. The Labute approximate surface area is 105 Å². The quantitative estimate of drug-likeness (QED) is 0.830. The number of aromatic nitrogens is 1. The van der Waals surface area contributed by atoms with E-state index in [0.717, 1.165) is 12.1 Å². The lowest BCUT2D eigenvalue weighted by molar-refractivity contribution is 0.413. The van der Waals surface area contributed by atoms with Crippen molar-refractivity contribution in [1.29, 1.82) is 0 Å². The maximum atomic E-state index is 13.4. The van der Waals surface area contributed by atoms with E-state index in [1.165, 1.54) is 31.4 Å². The average Bonchev–Trinajstić information content (AvgIpc) is 3.06. The van der Waals surface area contributed by atoms with Gasteiger partial charge in [0.2, 0.25) is 0 Å². The van der Waals surface area contributed by atoms with Crippen molar-refractivity contribution in [2.75, 3.05) is 7.11 Å². The third kappa shape index (κ3) is 2.10. The first kappa shape index (κ1) is 11.3. The van der Waals surface area contributed by atoms with Gasteiger partial charge in [-0.25, -0.2) is 9.37 Å². The number of nitrogens with zero attached hydrogens (tertiary/aromatic N) is 1. The molecule has 1 aliphatic carbocycles. The second-order valence-corrected chi connectivity index (χ2v) is 4.62. The minimum absolute atomic E-state index is 0.306. The highest BCUT2D eigenvalue weighted by Crippen LogP contribution is 2.38. The zero-order chi connectivity index (χ0) is 12.5. The Morgan fingerprint density at radius 3 is 3.00 bits per heavy atom. The first-order valence-electron chi connectivity index (χ1n) is 6.04. The van der Waals surface area contributed by atoms with Gasteiger partial charge in [0.15, 0.2) is 12.2 Å². The SMILES string of the molecule is COc1ccc(F)cc1-c1ocnc1CC1CC1. The van der Waals surface area contributed by atoms with Crippen molar-refractivity contribution in [1.82, 2.24) is 4.98 Å². The number of hydrogen-bond donors (Lipinski definition) is 0. The van der Waals surface area contributed by atoms with Gasteiger partial charge in [-0.3, -0.25) is 0 Å². The van der Waals surface area contributed by atoms with E-state index in [4.69, 9.17) is 9.15 Å². The van der Waals surface area contributed by atoms with Crippen LogP contribution < -0.4 is 4.74 Å². The van der Waals surface area contributed by atoms with Crippen molar-refractivity contribution < 1.29 is 13.5 Å². The highest BCUT2D eigenvalue weighted by Gasteiger charge is 2.26. The monoisotopic (exact) mass is 247 g/mol. The molecule has 3 nitrogen and oxygen atoms in total. The van der Waals surface area contributed by atoms with E-state index in [9.17, 15) is 4.39 Å². The van der Waals surface area contributed by atoms with Gasteiger partial charge in [-0.1, -0.05) is 0 Å². The second kappa shape index (κ2) is 4.44. The van der Waals surface area contributed by atoms with Crippen LogP contribution in [0.1, 0.15) is 18.5 Å². The Hall–Kier alpha value is -1.84. The molecule has 18 heavy (non-hydrogen) atoms. The molecule has 0 spiro atoms. The predicted octanol–water partition coefficient (Wildman–Crippen LogP) is 3.44. The van der Waals surface area contributed by atoms with E-state index in [-0.39, 0.29) is 5.82 Å². The van der Waals surface area contributed by atoms with Crippen molar-refractivity contribution in [2.24, 2.45) is 5.92 Å². The van der Waals surface area contributed by atoms with E-state index in [2.05, 4.69) is 4.98 Å². The molecule has 0 bridgehead atoms. The van der Waals surface area contributed by atoms with Gasteiger partial charge in [0.25, 0.3) is 0 Å². The van der Waals surface area contributed by atoms with Gasteiger partial charge in [-0.15, -0.1) is 0 Å². The summed E-state index contributed by atoms with van der Waals surface area (Å²) >= 11 is 0. The van der Waals surface area contributed by atoms with Crippen LogP contribution in [0.5, 0.6) is 5.75 Å². The molecule has 1 aromatic heterocycles. The molecule has 3 rings (SSSR count). The summed E-state index contributed by atoms with van der Waals surface area (Å²) in [5.41, 5.74) is 1.52. The first-order valence-corrected chi connectivity index (χ1v) is 6.04. The number of rotatable bonds is 4. The summed E-state index contributed by atoms with van der Waals surface area (Å²) in [6.45, 7) is 0. The molecule has 0 N–H and O–H groups in total. The van der Waals surface area contributed by atoms with Crippen LogP contribution in [0.15, 0.2) is 29.0 Å². The molecule has 0 aliphatic heterocycles. The molecule has 0 unspecified atom stereocenters. The second-order valence-electron chi connectivity index (χ2n) is 4.62. The zero-order valence-electron chi connectivity index (χ0n) is 10.1. The van der Waals surface area contributed by atoms with E-state index in [1.54, 1.807) is 13.2 Å². The van der Waals surface area contributed by atoms with E-state index < -0.39 is 0 Å². The van der Waals surface area contributed by atoms with E-state index in [0.29, 0.717) is 23.0 Å². The fourth-order valence-electron chi connectivity index (χ4n) is 2.09. The molecule has 0 atom stereocenters. The summed E-state index contributed by atoms with van der Waals surface area (Å²) in [5.74, 6) is 1.62. The van der Waals surface area contributed by atoms with Gasteiger partial charge in [-0.05, 0) is 43.4 Å². The number of halogens is 1. The van der Waals surface area contributed by atoms with Crippen molar-refractivity contribution in [2.45, 2.75) is 19.3 Å². The molecule has 1 heterocycles. The largest absolute Gasteiger partial charge is 0.496 e. The average molecular weight is 247 g/mol. The fourth-order valence-corrected chi connectivity index (χ4v) is 2.09. The Morgan fingerprint density at radius 2 is 2.28 bits per heavy atom. The summed E-state index contributed by atoms with van der Waals surface area (Å²) < 4.78 is 24.0. The molecule has 94 valence electrons. The van der Waals surface area contributed by atoms with Crippen LogP contribution in [0.3, 0.4) is 0 Å². The summed E-state index contributed by atoms with van der Waals surface area (Å²) in [6, 6.07) is 4.41. The van der Waals surface area contributed by atoms with Gasteiger partial charge in [0, 0.05) is 0 Å². The number of benzene rings is 1. The van der Waals surface area contributed by atoms with Crippen LogP contribution in [-0.2, 0) is 6.42 Å². The van der Waals surface area contributed by atoms with Crippen molar-refractivity contribution in [3.8, 4) is 17.1 Å². The van der Waals surface area contributed by atoms with Crippen molar-refractivity contribution in [3.05, 3.63) is 36.1 Å². The Morgan fingerprint density at radius 1 is 1.44 bits per heavy atom. The van der Waals surface area contributed by atoms with Crippen LogP contribution in [0, 0.1) is 11.7 Å². The maximum absolute atomic E-state index is 13.4. The van der Waals surface area contributed by atoms with Crippen LogP contribution in [0.2, 0.25) is 0 Å². The first-order chi connectivity index (χ1) is 8.78. The third-order valence-corrected chi connectivity index (χ3v) is 3.23. The Balaban J connectivity index is 2.02. The van der Waals surface area contributed by atoms with Gasteiger partial charge in [0.1, 0.15) is 11.6 Å². The molecule has 2 aromatic rings. The molecular weight excluding hydrogens is 233 g/mol. The van der Waals surface area contributed by atoms with E-state index in [1.807, 2.05) is 0 Å². The molecule has 0 saturated heterocycles. The molecule has 0 amide bonds. The van der Waals surface area contributed by atoms with Crippen LogP contribution in [0.4, 0.5) is 4.39 Å². The van der Waals surface area contributed by atoms with Crippen molar-refractivity contribution >= 4 is 0 Å². The summed E-state index contributed by atoms with van der Waals surface area (Å²) in [4.78, 5) is 4.23. The zero-order valence-corrected chi connectivity index (χ0v) is 10.1. The normalized spacial score (nSPS) is 14.8. The van der Waals surface area contributed by atoms with Gasteiger partial charge in [-0.2, -0.15) is 0 Å². The summed E-state index contributed by atoms with van der Waals surface area (Å²) in [7, 11) is 1.56. The minimum atomic E-state index is -0.306. The minimum Gasteiger partial charge on any atom is -0.496 e. The lowest BCUT2D eigenvalue weighted by Crippen LogP contribution is -1.93. The smallest absolute Gasteiger partial charge is 0.181 e. The van der Waals surface area contributed by atoms with Gasteiger partial charge in [0.05, 0.1) is 18.4 Å². The highest BCUT2D eigenvalue weighted by molar-refractivity contribution is 5.67. The van der Waals surface area contributed by atoms with E-state index >= 15 is 0 Å². The van der Waals surface area contributed by atoms with Crippen LogP contribution in [-0.4, -0.2) is 12.1 Å². The maximum Gasteiger partial charge on any atom is 0.181 e. The van der Waals surface area contributed by atoms with Crippen LogP contribution >= 0.6 is 0 Å². The fraction of sp³-hybridized carbons (Fsp3) is 0.357. The standard InChI is InChI=1S/C14H14FNO2/c1-17-13-5-4-10(15)7-11(13)14-12(16-8-18-14)6-9-2-3-9/h4-5,7-9H,2-3,6H2,1H3. The lowest BCUT2D eigenvalue weighted by atomic mass is 10.1. The number of oxazole rings is 1.